The van der Waals surface area contributed by atoms with Crippen LogP contribution in [0.2, 0.25) is 0 Å². The predicted molar refractivity (Wildman–Crippen MR) is 62.7 cm³/mol. The maximum Gasteiger partial charge on any atom is 0.104 e. The van der Waals surface area contributed by atoms with E-state index in [0.29, 0.717) is 12.1 Å². The first-order valence-electron chi connectivity index (χ1n) is 4.46. The monoisotopic (exact) mass is 284 g/mol. The lowest BCUT2D eigenvalue weighted by Gasteiger charge is -2.08. The van der Waals surface area contributed by atoms with Crippen molar-refractivity contribution in [3.63, 3.8) is 0 Å². The van der Waals surface area contributed by atoms with Crippen molar-refractivity contribution in [1.82, 2.24) is 9.59 Å². The van der Waals surface area contributed by atoms with Crippen molar-refractivity contribution in [2.45, 2.75) is 12.5 Å². The smallest absolute Gasteiger partial charge is 0.104 e. The van der Waals surface area contributed by atoms with Crippen LogP contribution in [0.15, 0.2) is 34.1 Å². The minimum absolute atomic E-state index is 0.548. The van der Waals surface area contributed by atoms with E-state index >= 15 is 0 Å². The maximum atomic E-state index is 9.87. The van der Waals surface area contributed by atoms with E-state index in [0.717, 1.165) is 10.0 Å². The molecule has 0 aliphatic rings. The van der Waals surface area contributed by atoms with Crippen LogP contribution in [-0.2, 0) is 6.42 Å². The topological polar surface area (TPSA) is 46.0 Å². The molecule has 2 aromatic rings. The first-order chi connectivity index (χ1) is 7.27. The molecule has 2 rings (SSSR count). The van der Waals surface area contributed by atoms with Crippen molar-refractivity contribution in [3.05, 3.63) is 45.4 Å². The minimum atomic E-state index is -0.581. The average Bonchev–Trinajstić information content (AvgIpc) is 2.74. The fourth-order valence-electron chi connectivity index (χ4n) is 1.29. The molecular formula is C10H9BrN2OS. The highest BCUT2D eigenvalue weighted by atomic mass is 79.9. The van der Waals surface area contributed by atoms with Gasteiger partial charge < -0.3 is 5.11 Å². The molecule has 0 saturated carbocycles. The Morgan fingerprint density at radius 3 is 2.87 bits per heavy atom. The lowest BCUT2D eigenvalue weighted by molar-refractivity contribution is 0.173. The number of rotatable bonds is 3. The van der Waals surface area contributed by atoms with Crippen LogP contribution in [0.1, 0.15) is 17.4 Å². The molecule has 1 heterocycles. The molecule has 0 spiro atoms. The lowest BCUT2D eigenvalue weighted by atomic mass is 10.1. The van der Waals surface area contributed by atoms with Gasteiger partial charge in [0.05, 0.1) is 0 Å². The third-order valence-corrected chi connectivity index (χ3v) is 3.39. The van der Waals surface area contributed by atoms with Crippen LogP contribution < -0.4 is 0 Å². The van der Waals surface area contributed by atoms with Crippen molar-refractivity contribution in [2.24, 2.45) is 0 Å². The van der Waals surface area contributed by atoms with Crippen molar-refractivity contribution < 1.29 is 5.11 Å². The number of benzene rings is 1. The third-order valence-electron chi connectivity index (χ3n) is 2.09. The van der Waals surface area contributed by atoms with Gasteiger partial charge in [-0.2, -0.15) is 0 Å². The maximum absolute atomic E-state index is 9.87. The summed E-state index contributed by atoms with van der Waals surface area (Å²) in [7, 11) is 0. The Bertz CT molecular complexity index is 433. The molecule has 0 aliphatic carbocycles. The number of halogens is 1. The molecule has 1 atom stereocenters. The summed E-state index contributed by atoms with van der Waals surface area (Å²) < 4.78 is 4.73. The van der Waals surface area contributed by atoms with Crippen molar-refractivity contribution in [3.8, 4) is 0 Å². The summed E-state index contributed by atoms with van der Waals surface area (Å²) in [6, 6.07) is 7.84. The van der Waals surface area contributed by atoms with Gasteiger partial charge in [0.25, 0.3) is 0 Å². The van der Waals surface area contributed by atoms with Crippen molar-refractivity contribution in [2.75, 3.05) is 0 Å². The van der Waals surface area contributed by atoms with E-state index in [2.05, 4.69) is 25.5 Å². The SMILES string of the molecule is OC(Cc1ccccc1Br)c1csnn1. The second-order valence-electron chi connectivity index (χ2n) is 3.14. The van der Waals surface area contributed by atoms with Crippen molar-refractivity contribution in [1.29, 1.82) is 0 Å². The van der Waals surface area contributed by atoms with Crippen LogP contribution in [0, 0.1) is 0 Å². The van der Waals surface area contributed by atoms with Gasteiger partial charge in [0.2, 0.25) is 0 Å². The zero-order valence-corrected chi connectivity index (χ0v) is 10.2. The lowest BCUT2D eigenvalue weighted by Crippen LogP contribution is -2.02. The normalized spacial score (nSPS) is 12.7. The second kappa shape index (κ2) is 4.83. The second-order valence-corrected chi connectivity index (χ2v) is 4.61. The van der Waals surface area contributed by atoms with Gasteiger partial charge in [-0.25, -0.2) is 0 Å². The van der Waals surface area contributed by atoms with Crippen LogP contribution in [-0.4, -0.2) is 14.7 Å². The number of aliphatic hydroxyl groups is 1. The third kappa shape index (κ3) is 2.62. The first kappa shape index (κ1) is 10.7. The average molecular weight is 285 g/mol. The highest BCUT2D eigenvalue weighted by Gasteiger charge is 2.12. The highest BCUT2D eigenvalue weighted by Crippen LogP contribution is 2.22. The predicted octanol–water partition coefficient (Wildman–Crippen LogP) is 2.58. The van der Waals surface area contributed by atoms with Gasteiger partial charge in [-0.1, -0.05) is 38.6 Å². The molecule has 5 heteroatoms. The summed E-state index contributed by atoms with van der Waals surface area (Å²) in [5.74, 6) is 0. The van der Waals surface area contributed by atoms with E-state index in [4.69, 9.17) is 0 Å². The van der Waals surface area contributed by atoms with Crippen LogP contribution in [0.4, 0.5) is 0 Å². The fraction of sp³-hybridized carbons (Fsp3) is 0.200. The summed E-state index contributed by atoms with van der Waals surface area (Å²) >= 11 is 4.69. The number of aromatic nitrogens is 2. The summed E-state index contributed by atoms with van der Waals surface area (Å²) in [6.45, 7) is 0. The van der Waals surface area contributed by atoms with E-state index in [1.54, 1.807) is 5.38 Å². The summed E-state index contributed by atoms with van der Waals surface area (Å²) in [6.07, 6.45) is -0.0326. The van der Waals surface area contributed by atoms with E-state index in [-0.39, 0.29) is 0 Å². The Hall–Kier alpha value is -0.780. The number of hydrogen-bond donors (Lipinski definition) is 1. The molecule has 1 aromatic heterocycles. The molecule has 0 aliphatic heterocycles. The van der Waals surface area contributed by atoms with Gasteiger partial charge in [-0.3, -0.25) is 0 Å². The summed E-state index contributed by atoms with van der Waals surface area (Å²) in [5, 5.41) is 15.5. The van der Waals surface area contributed by atoms with E-state index in [1.165, 1.54) is 11.5 Å². The van der Waals surface area contributed by atoms with Gasteiger partial charge in [-0.15, -0.1) is 5.10 Å². The van der Waals surface area contributed by atoms with Gasteiger partial charge in [0.1, 0.15) is 11.8 Å². The molecular weight excluding hydrogens is 276 g/mol. The highest BCUT2D eigenvalue weighted by molar-refractivity contribution is 9.10. The Morgan fingerprint density at radius 1 is 1.40 bits per heavy atom. The molecule has 0 fully saturated rings. The minimum Gasteiger partial charge on any atom is -0.386 e. The largest absolute Gasteiger partial charge is 0.386 e. The molecule has 0 bridgehead atoms. The number of nitrogens with zero attached hydrogens (tertiary/aromatic N) is 2. The zero-order valence-electron chi connectivity index (χ0n) is 7.80. The Kier molecular flexibility index (Phi) is 3.45. The standard InChI is InChI=1S/C10H9BrN2OS/c11-8-4-2-1-3-7(8)5-10(14)9-6-15-13-12-9/h1-4,6,10,14H,5H2. The van der Waals surface area contributed by atoms with Crippen molar-refractivity contribution >= 4 is 27.5 Å². The number of hydrogen-bond acceptors (Lipinski definition) is 4. The van der Waals surface area contributed by atoms with E-state index < -0.39 is 6.10 Å². The van der Waals surface area contributed by atoms with Crippen LogP contribution in [0.5, 0.6) is 0 Å². The van der Waals surface area contributed by atoms with Gasteiger partial charge in [-0.05, 0) is 23.2 Å². The molecule has 15 heavy (non-hydrogen) atoms. The number of aliphatic hydroxyl groups excluding tert-OH is 1. The molecule has 1 N–H and O–H groups in total. The molecule has 1 unspecified atom stereocenters. The van der Waals surface area contributed by atoms with Gasteiger partial charge in [0, 0.05) is 16.3 Å². The van der Waals surface area contributed by atoms with Crippen LogP contribution in [0.3, 0.4) is 0 Å². The Morgan fingerprint density at radius 2 is 2.20 bits per heavy atom. The molecule has 0 amide bonds. The molecule has 0 radical (unpaired) electrons. The molecule has 3 nitrogen and oxygen atoms in total. The quantitative estimate of drug-likeness (QED) is 0.942. The van der Waals surface area contributed by atoms with Gasteiger partial charge in [0.15, 0.2) is 0 Å². The Balaban J connectivity index is 2.13. The van der Waals surface area contributed by atoms with E-state index in [1.807, 2.05) is 24.3 Å². The summed E-state index contributed by atoms with van der Waals surface area (Å²) in [4.78, 5) is 0. The molecule has 0 saturated heterocycles. The molecule has 78 valence electrons. The van der Waals surface area contributed by atoms with Crippen LogP contribution >= 0.6 is 27.5 Å². The summed E-state index contributed by atoms with van der Waals surface area (Å²) in [5.41, 5.74) is 1.70. The van der Waals surface area contributed by atoms with Gasteiger partial charge >= 0.3 is 0 Å². The van der Waals surface area contributed by atoms with E-state index in [9.17, 15) is 5.11 Å². The van der Waals surface area contributed by atoms with Crippen LogP contribution in [0.25, 0.3) is 0 Å². The zero-order chi connectivity index (χ0) is 10.7. The fourth-order valence-corrected chi connectivity index (χ4v) is 2.24. The first-order valence-corrected chi connectivity index (χ1v) is 6.09. The Labute approximate surface area is 100 Å². The molecule has 1 aromatic carbocycles.